The quantitative estimate of drug-likeness (QED) is 0.632. The number of amides is 1. The Kier molecular flexibility index (Phi) is 6.92. The first-order valence-corrected chi connectivity index (χ1v) is 13.2. The van der Waals surface area contributed by atoms with Crippen LogP contribution >= 0.6 is 0 Å². The van der Waals surface area contributed by atoms with Gasteiger partial charge in [0, 0.05) is 26.2 Å². The Bertz CT molecular complexity index is 1120. The highest BCUT2D eigenvalue weighted by Gasteiger charge is 2.38. The van der Waals surface area contributed by atoms with E-state index in [0.717, 1.165) is 11.6 Å². The largest absolute Gasteiger partial charge is 0.416 e. The lowest BCUT2D eigenvalue weighted by Crippen LogP contribution is -2.44. The molecule has 3 aliphatic heterocycles. The minimum atomic E-state index is -4.41. The number of hydrogen-bond donors (Lipinski definition) is 0. The van der Waals surface area contributed by atoms with Gasteiger partial charge in [-0.1, -0.05) is 18.2 Å². The second-order valence-corrected chi connectivity index (χ2v) is 11.9. The number of likely N-dealkylation sites (tertiary alicyclic amines) is 1. The maximum Gasteiger partial charge on any atom is 0.416 e. The average molecular weight is 498 g/mol. The van der Waals surface area contributed by atoms with Crippen molar-refractivity contribution in [3.05, 3.63) is 46.5 Å². The predicted molar refractivity (Wildman–Crippen MR) is 124 cm³/mol. The van der Waals surface area contributed by atoms with Gasteiger partial charge in [0.2, 0.25) is 10.0 Å². The molecule has 186 valence electrons. The Morgan fingerprint density at radius 2 is 1.79 bits per heavy atom. The normalized spacial score (nSPS) is 21.0. The van der Waals surface area contributed by atoms with Crippen LogP contribution in [-0.2, 0) is 21.0 Å². The van der Waals surface area contributed by atoms with Crippen molar-refractivity contribution < 1.29 is 26.4 Å². The van der Waals surface area contributed by atoms with Crippen molar-refractivity contribution in [2.45, 2.75) is 56.9 Å². The SMILES string of the molecule is CC(C)S(=O)(=O)N1CCCC2=C(C1)C(C(=O)N1CCC(c3ccccc3C(F)(F)F)CC1)=NC2. The summed E-state index contributed by atoms with van der Waals surface area (Å²) < 4.78 is 67.3. The van der Waals surface area contributed by atoms with Crippen LogP contribution in [0.15, 0.2) is 40.4 Å². The van der Waals surface area contributed by atoms with Crippen molar-refractivity contribution in [3.8, 4) is 0 Å². The monoisotopic (exact) mass is 497 g/mol. The second-order valence-electron chi connectivity index (χ2n) is 9.43. The molecule has 3 aliphatic rings. The number of sulfonamides is 1. The summed E-state index contributed by atoms with van der Waals surface area (Å²) in [6, 6.07) is 5.64. The Labute approximate surface area is 198 Å². The van der Waals surface area contributed by atoms with Gasteiger partial charge in [-0.25, -0.2) is 8.42 Å². The molecule has 1 saturated heterocycles. The van der Waals surface area contributed by atoms with Crippen LogP contribution in [0.2, 0.25) is 0 Å². The second kappa shape index (κ2) is 9.45. The fourth-order valence-corrected chi connectivity index (χ4v) is 6.33. The number of halogens is 3. The first-order valence-electron chi connectivity index (χ1n) is 11.7. The molecule has 0 aromatic heterocycles. The molecule has 1 amide bonds. The molecule has 1 aromatic rings. The fraction of sp³-hybridized carbons (Fsp3) is 0.583. The van der Waals surface area contributed by atoms with E-state index >= 15 is 0 Å². The maximum atomic E-state index is 13.4. The standard InChI is InChI=1S/C24H30F3N3O3S/c1-16(2)34(32,33)30-11-5-6-18-14-28-22(20(18)15-30)23(31)29-12-9-17(10-13-29)19-7-3-4-8-21(19)24(25,26)27/h3-4,7-8,16-17H,5-6,9-15H2,1-2H3. The van der Waals surface area contributed by atoms with Crippen LogP contribution in [0, 0.1) is 0 Å². The van der Waals surface area contributed by atoms with Crippen molar-refractivity contribution in [2.75, 3.05) is 32.7 Å². The topological polar surface area (TPSA) is 70.1 Å². The van der Waals surface area contributed by atoms with E-state index in [1.54, 1.807) is 24.8 Å². The highest BCUT2D eigenvalue weighted by atomic mass is 32.2. The van der Waals surface area contributed by atoms with Crippen LogP contribution in [0.1, 0.15) is 56.6 Å². The number of piperidine rings is 1. The van der Waals surface area contributed by atoms with E-state index < -0.39 is 27.0 Å². The molecule has 4 rings (SSSR count). The third-order valence-corrected chi connectivity index (χ3v) is 9.23. The van der Waals surface area contributed by atoms with Crippen LogP contribution in [-0.4, -0.2) is 67.2 Å². The lowest BCUT2D eigenvalue weighted by molar-refractivity contribution is -0.138. The van der Waals surface area contributed by atoms with Gasteiger partial charge in [0.25, 0.3) is 5.91 Å². The van der Waals surface area contributed by atoms with Crippen molar-refractivity contribution in [2.24, 2.45) is 4.99 Å². The van der Waals surface area contributed by atoms with Gasteiger partial charge in [-0.15, -0.1) is 0 Å². The van der Waals surface area contributed by atoms with E-state index in [1.165, 1.54) is 16.4 Å². The molecule has 0 spiro atoms. The van der Waals surface area contributed by atoms with E-state index in [-0.39, 0.29) is 23.9 Å². The van der Waals surface area contributed by atoms with Gasteiger partial charge in [-0.3, -0.25) is 9.79 Å². The summed E-state index contributed by atoms with van der Waals surface area (Å²) in [5.74, 6) is -0.525. The summed E-state index contributed by atoms with van der Waals surface area (Å²) in [5, 5.41) is -0.550. The first-order chi connectivity index (χ1) is 16.0. The number of carbonyl (C=O) groups excluding carboxylic acids is 1. The van der Waals surface area contributed by atoms with Crippen molar-refractivity contribution in [1.82, 2.24) is 9.21 Å². The maximum absolute atomic E-state index is 13.4. The van der Waals surface area contributed by atoms with Crippen molar-refractivity contribution in [1.29, 1.82) is 0 Å². The first kappa shape index (κ1) is 24.9. The molecule has 0 saturated carbocycles. The van der Waals surface area contributed by atoms with E-state index in [0.29, 0.717) is 63.1 Å². The van der Waals surface area contributed by atoms with Gasteiger partial charge in [-0.05, 0) is 68.2 Å². The van der Waals surface area contributed by atoms with E-state index in [9.17, 15) is 26.4 Å². The number of alkyl halides is 3. The summed E-state index contributed by atoms with van der Waals surface area (Å²) in [4.78, 5) is 19.4. The van der Waals surface area contributed by atoms with E-state index in [4.69, 9.17) is 0 Å². The molecule has 0 unspecified atom stereocenters. The highest BCUT2D eigenvalue weighted by Crippen LogP contribution is 2.39. The van der Waals surface area contributed by atoms with Crippen LogP contribution in [0.3, 0.4) is 0 Å². The molecule has 0 bridgehead atoms. The minimum Gasteiger partial charge on any atom is -0.337 e. The Morgan fingerprint density at radius 3 is 2.44 bits per heavy atom. The zero-order chi connectivity index (χ0) is 24.7. The molecule has 6 nitrogen and oxygen atoms in total. The molecule has 34 heavy (non-hydrogen) atoms. The summed E-state index contributed by atoms with van der Waals surface area (Å²) in [5.41, 5.74) is 1.70. The minimum absolute atomic E-state index is 0.149. The van der Waals surface area contributed by atoms with Gasteiger partial charge in [0.15, 0.2) is 0 Å². The average Bonchev–Trinajstić information content (AvgIpc) is 3.07. The zero-order valence-electron chi connectivity index (χ0n) is 19.4. The van der Waals surface area contributed by atoms with Gasteiger partial charge < -0.3 is 4.90 Å². The summed E-state index contributed by atoms with van der Waals surface area (Å²) in [6.07, 6.45) is -2.15. The lowest BCUT2D eigenvalue weighted by atomic mass is 9.86. The van der Waals surface area contributed by atoms with E-state index in [1.807, 2.05) is 0 Å². The summed E-state index contributed by atoms with van der Waals surface area (Å²) >= 11 is 0. The Morgan fingerprint density at radius 1 is 1.12 bits per heavy atom. The van der Waals surface area contributed by atoms with Gasteiger partial charge in [0.05, 0.1) is 17.4 Å². The number of rotatable bonds is 4. The van der Waals surface area contributed by atoms with Gasteiger partial charge in [0.1, 0.15) is 5.71 Å². The lowest BCUT2D eigenvalue weighted by Gasteiger charge is -2.33. The third kappa shape index (κ3) is 4.79. The molecule has 0 N–H and O–H groups in total. The van der Waals surface area contributed by atoms with Gasteiger partial charge in [-0.2, -0.15) is 17.5 Å². The molecule has 1 fully saturated rings. The van der Waals surface area contributed by atoms with Crippen LogP contribution < -0.4 is 0 Å². The molecule has 0 radical (unpaired) electrons. The van der Waals surface area contributed by atoms with Gasteiger partial charge >= 0.3 is 6.18 Å². The highest BCUT2D eigenvalue weighted by molar-refractivity contribution is 7.89. The number of aliphatic imine (C=N–C) groups is 1. The van der Waals surface area contributed by atoms with E-state index in [2.05, 4.69) is 4.99 Å². The molecule has 0 aliphatic carbocycles. The van der Waals surface area contributed by atoms with Crippen LogP contribution in [0.4, 0.5) is 13.2 Å². The Hall–Kier alpha value is -2.20. The van der Waals surface area contributed by atoms with Crippen molar-refractivity contribution >= 4 is 21.6 Å². The predicted octanol–water partition coefficient (Wildman–Crippen LogP) is 4.00. The molecular weight excluding hydrogens is 467 g/mol. The zero-order valence-corrected chi connectivity index (χ0v) is 20.3. The smallest absolute Gasteiger partial charge is 0.337 e. The molecule has 1 aromatic carbocycles. The fourth-order valence-electron chi connectivity index (χ4n) is 5.04. The molecule has 3 heterocycles. The number of benzene rings is 1. The summed E-state index contributed by atoms with van der Waals surface area (Å²) in [7, 11) is -3.46. The van der Waals surface area contributed by atoms with Crippen LogP contribution in [0.25, 0.3) is 0 Å². The Balaban J connectivity index is 1.47. The third-order valence-electron chi connectivity index (χ3n) is 7.01. The number of carbonyl (C=O) groups is 1. The number of nitrogens with zero attached hydrogens (tertiary/aromatic N) is 3. The summed E-state index contributed by atoms with van der Waals surface area (Å²) in [6.45, 7) is 4.93. The molecule has 10 heteroatoms. The molecular formula is C24H30F3N3O3S. The molecule has 0 atom stereocenters. The number of hydrogen-bond acceptors (Lipinski definition) is 4. The van der Waals surface area contributed by atoms with Crippen LogP contribution in [0.5, 0.6) is 0 Å². The van der Waals surface area contributed by atoms with Crippen molar-refractivity contribution in [3.63, 3.8) is 0 Å².